The number of carbonyl (C=O) groups is 1. The van der Waals surface area contributed by atoms with Crippen LogP contribution in [-0.4, -0.2) is 10.8 Å². The average molecular weight is 370 g/mol. The van der Waals surface area contributed by atoms with Crippen LogP contribution in [0.2, 0.25) is 5.02 Å². The molecule has 21 heavy (non-hydrogen) atoms. The van der Waals surface area contributed by atoms with Crippen molar-refractivity contribution in [2.45, 2.75) is 6.92 Å². The van der Waals surface area contributed by atoms with Gasteiger partial charge in [0.15, 0.2) is 0 Å². The molecule has 0 fully saturated rings. The maximum absolute atomic E-state index is 12.3. The summed E-state index contributed by atoms with van der Waals surface area (Å²) in [5.41, 5.74) is 0.973. The molecule has 0 saturated heterocycles. The van der Waals surface area contributed by atoms with Gasteiger partial charge in [0, 0.05) is 17.2 Å². The standard InChI is InChI=1S/C14H10BrClN2O3/c1-8-9(4-2-7-12(8)18(20)21)14(19)17-11-6-3-5-10(16)13(11)15/h2-7H,1H3,(H,17,19). The van der Waals surface area contributed by atoms with Gasteiger partial charge >= 0.3 is 0 Å². The predicted octanol–water partition coefficient (Wildman–Crippen LogP) is 4.57. The predicted molar refractivity (Wildman–Crippen MR) is 84.9 cm³/mol. The number of nitro groups is 1. The van der Waals surface area contributed by atoms with Crippen LogP contribution in [0.5, 0.6) is 0 Å². The molecule has 2 rings (SSSR count). The van der Waals surface area contributed by atoms with Crippen LogP contribution in [0.15, 0.2) is 40.9 Å². The molecule has 0 radical (unpaired) electrons. The lowest BCUT2D eigenvalue weighted by Crippen LogP contribution is -2.14. The van der Waals surface area contributed by atoms with Crippen molar-refractivity contribution >= 4 is 44.8 Å². The van der Waals surface area contributed by atoms with Crippen molar-refractivity contribution in [3.05, 3.63) is 67.1 Å². The van der Waals surface area contributed by atoms with Crippen LogP contribution >= 0.6 is 27.5 Å². The highest BCUT2D eigenvalue weighted by molar-refractivity contribution is 9.10. The Balaban J connectivity index is 2.35. The van der Waals surface area contributed by atoms with Gasteiger partial charge < -0.3 is 5.32 Å². The van der Waals surface area contributed by atoms with Crippen LogP contribution in [0.4, 0.5) is 11.4 Å². The molecule has 2 aromatic rings. The van der Waals surface area contributed by atoms with E-state index in [0.717, 1.165) is 0 Å². The molecule has 1 N–H and O–H groups in total. The summed E-state index contributed by atoms with van der Waals surface area (Å²) in [6, 6.07) is 9.44. The van der Waals surface area contributed by atoms with Crippen molar-refractivity contribution in [3.8, 4) is 0 Å². The number of nitrogens with one attached hydrogen (secondary N) is 1. The highest BCUT2D eigenvalue weighted by Gasteiger charge is 2.18. The number of halogens is 2. The second-order valence-corrected chi connectivity index (χ2v) is 5.46. The van der Waals surface area contributed by atoms with Gasteiger partial charge in [-0.25, -0.2) is 0 Å². The Morgan fingerprint density at radius 1 is 1.29 bits per heavy atom. The highest BCUT2D eigenvalue weighted by Crippen LogP contribution is 2.31. The van der Waals surface area contributed by atoms with Gasteiger partial charge in [-0.05, 0) is 41.1 Å². The summed E-state index contributed by atoms with van der Waals surface area (Å²) in [5.74, 6) is -0.431. The van der Waals surface area contributed by atoms with Crippen molar-refractivity contribution in [2.24, 2.45) is 0 Å². The lowest BCUT2D eigenvalue weighted by Gasteiger charge is -2.10. The van der Waals surface area contributed by atoms with E-state index >= 15 is 0 Å². The van der Waals surface area contributed by atoms with Gasteiger partial charge in [-0.1, -0.05) is 23.7 Å². The molecule has 7 heteroatoms. The van der Waals surface area contributed by atoms with E-state index < -0.39 is 10.8 Å². The molecule has 0 aliphatic heterocycles. The minimum atomic E-state index is -0.512. The average Bonchev–Trinajstić information content (AvgIpc) is 2.43. The number of carbonyl (C=O) groups excluding carboxylic acids is 1. The molecule has 1 amide bonds. The fourth-order valence-electron chi connectivity index (χ4n) is 1.86. The Labute approximate surface area is 134 Å². The summed E-state index contributed by atoms with van der Waals surface area (Å²) in [7, 11) is 0. The van der Waals surface area contributed by atoms with Crippen molar-refractivity contribution < 1.29 is 9.72 Å². The molecule has 0 aliphatic rings. The van der Waals surface area contributed by atoms with E-state index in [2.05, 4.69) is 21.2 Å². The summed E-state index contributed by atoms with van der Waals surface area (Å²) in [6.07, 6.45) is 0. The number of rotatable bonds is 3. The van der Waals surface area contributed by atoms with Gasteiger partial charge in [0.1, 0.15) is 0 Å². The Morgan fingerprint density at radius 2 is 1.95 bits per heavy atom. The van der Waals surface area contributed by atoms with Gasteiger partial charge in [-0.3, -0.25) is 14.9 Å². The molecule has 5 nitrogen and oxygen atoms in total. The van der Waals surface area contributed by atoms with Gasteiger partial charge in [0.2, 0.25) is 0 Å². The summed E-state index contributed by atoms with van der Waals surface area (Å²) >= 11 is 9.24. The molecule has 0 atom stereocenters. The van der Waals surface area contributed by atoms with E-state index in [9.17, 15) is 14.9 Å². The van der Waals surface area contributed by atoms with Gasteiger partial charge in [-0.15, -0.1) is 0 Å². The smallest absolute Gasteiger partial charge is 0.273 e. The van der Waals surface area contributed by atoms with E-state index in [4.69, 9.17) is 11.6 Å². The van der Waals surface area contributed by atoms with Gasteiger partial charge in [-0.2, -0.15) is 0 Å². The molecule has 2 aromatic carbocycles. The third-order valence-corrected chi connectivity index (χ3v) is 4.34. The number of benzene rings is 2. The number of amides is 1. The van der Waals surface area contributed by atoms with Crippen LogP contribution in [0.3, 0.4) is 0 Å². The largest absolute Gasteiger partial charge is 0.321 e. The number of nitro benzene ring substituents is 1. The first-order valence-corrected chi connectivity index (χ1v) is 7.08. The summed E-state index contributed by atoms with van der Waals surface area (Å²) < 4.78 is 0.558. The molecule has 0 saturated carbocycles. The fraction of sp³-hybridized carbons (Fsp3) is 0.0714. The van der Waals surface area contributed by atoms with Gasteiger partial charge in [0.25, 0.3) is 11.6 Å². The van der Waals surface area contributed by atoms with E-state index in [1.54, 1.807) is 25.1 Å². The van der Waals surface area contributed by atoms with E-state index in [1.165, 1.54) is 18.2 Å². The number of hydrogen-bond donors (Lipinski definition) is 1. The molecular weight excluding hydrogens is 360 g/mol. The Bertz CT molecular complexity index is 734. The third kappa shape index (κ3) is 3.22. The van der Waals surface area contributed by atoms with Gasteiger partial charge in [0.05, 0.1) is 20.1 Å². The Hall–Kier alpha value is -1.92. The lowest BCUT2D eigenvalue weighted by molar-refractivity contribution is -0.385. The molecule has 0 heterocycles. The monoisotopic (exact) mass is 368 g/mol. The van der Waals surface area contributed by atoms with E-state index in [0.29, 0.717) is 20.7 Å². The summed E-state index contributed by atoms with van der Waals surface area (Å²) in [5, 5.41) is 14.0. The van der Waals surface area contributed by atoms with E-state index in [-0.39, 0.29) is 11.3 Å². The molecule has 108 valence electrons. The maximum Gasteiger partial charge on any atom is 0.273 e. The maximum atomic E-state index is 12.3. The van der Waals surface area contributed by atoms with Crippen LogP contribution in [0, 0.1) is 17.0 Å². The molecule has 0 bridgehead atoms. The highest BCUT2D eigenvalue weighted by atomic mass is 79.9. The summed E-state index contributed by atoms with van der Waals surface area (Å²) in [4.78, 5) is 22.7. The zero-order valence-corrected chi connectivity index (χ0v) is 13.2. The SMILES string of the molecule is Cc1c(C(=O)Nc2cccc(Cl)c2Br)cccc1[N+](=O)[O-]. The first-order valence-electron chi connectivity index (χ1n) is 5.91. The minimum Gasteiger partial charge on any atom is -0.321 e. The summed E-state index contributed by atoms with van der Waals surface area (Å²) in [6.45, 7) is 1.54. The van der Waals surface area contributed by atoms with Crippen LogP contribution in [0.25, 0.3) is 0 Å². The lowest BCUT2D eigenvalue weighted by atomic mass is 10.1. The molecule has 0 unspecified atom stereocenters. The number of nitrogens with zero attached hydrogens (tertiary/aromatic N) is 1. The van der Waals surface area contributed by atoms with Crippen LogP contribution in [0.1, 0.15) is 15.9 Å². The van der Waals surface area contributed by atoms with Crippen molar-refractivity contribution in [1.29, 1.82) is 0 Å². The van der Waals surface area contributed by atoms with Crippen LogP contribution in [-0.2, 0) is 0 Å². The molecule has 0 spiro atoms. The number of anilines is 1. The Kier molecular flexibility index (Phi) is 4.59. The first-order chi connectivity index (χ1) is 9.91. The quantitative estimate of drug-likeness (QED) is 0.636. The molecular formula is C14H10BrClN2O3. The topological polar surface area (TPSA) is 72.2 Å². The zero-order valence-electron chi connectivity index (χ0n) is 10.9. The minimum absolute atomic E-state index is 0.0900. The Morgan fingerprint density at radius 3 is 2.62 bits per heavy atom. The normalized spacial score (nSPS) is 10.2. The third-order valence-electron chi connectivity index (χ3n) is 2.95. The molecule has 0 aliphatic carbocycles. The fourth-order valence-corrected chi connectivity index (χ4v) is 2.40. The van der Waals surface area contributed by atoms with E-state index in [1.807, 2.05) is 0 Å². The zero-order chi connectivity index (χ0) is 15.6. The first kappa shape index (κ1) is 15.5. The molecule has 0 aromatic heterocycles. The number of hydrogen-bond acceptors (Lipinski definition) is 3. The second kappa shape index (κ2) is 6.24. The van der Waals surface area contributed by atoms with Crippen molar-refractivity contribution in [1.82, 2.24) is 0 Å². The second-order valence-electron chi connectivity index (χ2n) is 4.26. The van der Waals surface area contributed by atoms with Crippen LogP contribution < -0.4 is 5.32 Å². The van der Waals surface area contributed by atoms with Crippen molar-refractivity contribution in [3.63, 3.8) is 0 Å². The van der Waals surface area contributed by atoms with Crippen molar-refractivity contribution in [2.75, 3.05) is 5.32 Å².